The van der Waals surface area contributed by atoms with Crippen molar-refractivity contribution in [2.45, 2.75) is 78.4 Å². The lowest BCUT2D eigenvalue weighted by molar-refractivity contribution is 0.0878. The molecular weight excluding hydrogens is 338 g/mol. The summed E-state index contributed by atoms with van der Waals surface area (Å²) in [7, 11) is 0. The van der Waals surface area contributed by atoms with Crippen molar-refractivity contribution >= 4 is 11.8 Å². The quantitative estimate of drug-likeness (QED) is 0.476. The zero-order valence-corrected chi connectivity index (χ0v) is 18.7. The average molecular weight is 382 g/mol. The lowest BCUT2D eigenvalue weighted by atomic mass is 9.98. The minimum atomic E-state index is 0.221. The van der Waals surface area contributed by atoms with Crippen molar-refractivity contribution in [3.05, 3.63) is 0 Å². The highest BCUT2D eigenvalue weighted by Gasteiger charge is 2.27. The maximum absolute atomic E-state index is 7.52. The third kappa shape index (κ3) is 8.47. The molecule has 0 bridgehead atoms. The Morgan fingerprint density at radius 1 is 0.815 bits per heavy atom. The van der Waals surface area contributed by atoms with Gasteiger partial charge in [0.05, 0.1) is 11.9 Å². The number of aliphatic imine (C=N–C) groups is 1. The van der Waals surface area contributed by atoms with E-state index in [1.54, 1.807) is 0 Å². The first-order chi connectivity index (χ1) is 12.3. The summed E-state index contributed by atoms with van der Waals surface area (Å²) in [5.41, 5.74) is 11.3. The van der Waals surface area contributed by atoms with Gasteiger partial charge in [0.15, 0.2) is 5.96 Å². The highest BCUT2D eigenvalue weighted by atomic mass is 15.3. The normalized spacial score (nSPS) is 20.6. The largest absolute Gasteiger partial charge is 0.370 e. The van der Waals surface area contributed by atoms with Crippen LogP contribution in [0.1, 0.15) is 61.3 Å². The molecule has 0 aromatic carbocycles. The number of piperidine rings is 1. The SMILES string of the molecule is CC(=N)N1CCN(C(C)(C)C)CC1.CC(C)(C)N1CCC(N=C(N)N)CC1. The molecule has 2 fully saturated rings. The molecule has 0 amide bonds. The molecule has 0 spiro atoms. The summed E-state index contributed by atoms with van der Waals surface area (Å²) >= 11 is 0. The molecule has 158 valence electrons. The first-order valence-electron chi connectivity index (χ1n) is 10.2. The van der Waals surface area contributed by atoms with E-state index in [0.717, 1.165) is 52.1 Å². The Kier molecular flexibility index (Phi) is 8.54. The third-order valence-electron chi connectivity index (χ3n) is 5.45. The van der Waals surface area contributed by atoms with E-state index >= 15 is 0 Å². The summed E-state index contributed by atoms with van der Waals surface area (Å²) < 4.78 is 0. The van der Waals surface area contributed by atoms with Gasteiger partial charge in [0.25, 0.3) is 0 Å². The van der Waals surface area contributed by atoms with E-state index in [-0.39, 0.29) is 17.0 Å². The lowest BCUT2D eigenvalue weighted by Gasteiger charge is -2.42. The molecule has 0 unspecified atom stereocenters. The number of guanidine groups is 1. The molecule has 0 radical (unpaired) electrons. The molecule has 2 aliphatic rings. The molecule has 0 aromatic heterocycles. The average Bonchev–Trinajstić information content (AvgIpc) is 2.54. The predicted octanol–water partition coefficient (Wildman–Crippen LogP) is 1.92. The van der Waals surface area contributed by atoms with Gasteiger partial charge in [0.2, 0.25) is 0 Å². The van der Waals surface area contributed by atoms with E-state index in [9.17, 15) is 0 Å². The Labute approximate surface area is 166 Å². The topological polar surface area (TPSA) is 98.0 Å². The molecule has 7 nitrogen and oxygen atoms in total. The van der Waals surface area contributed by atoms with Crippen molar-refractivity contribution < 1.29 is 0 Å². The van der Waals surface area contributed by atoms with E-state index in [1.165, 1.54) is 0 Å². The van der Waals surface area contributed by atoms with Gasteiger partial charge in [0, 0.05) is 50.3 Å². The van der Waals surface area contributed by atoms with Crippen LogP contribution in [-0.4, -0.2) is 82.9 Å². The Morgan fingerprint density at radius 2 is 1.22 bits per heavy atom. The van der Waals surface area contributed by atoms with E-state index in [0.29, 0.717) is 11.9 Å². The number of likely N-dealkylation sites (tertiary alicyclic amines) is 1. The zero-order chi connectivity index (χ0) is 20.8. The Morgan fingerprint density at radius 3 is 1.56 bits per heavy atom. The monoisotopic (exact) mass is 381 g/mol. The van der Waals surface area contributed by atoms with Gasteiger partial charge in [-0.2, -0.15) is 0 Å². The minimum Gasteiger partial charge on any atom is -0.370 e. The van der Waals surface area contributed by atoms with Crippen LogP contribution in [0, 0.1) is 5.41 Å². The van der Waals surface area contributed by atoms with Crippen molar-refractivity contribution in [2.24, 2.45) is 16.5 Å². The number of nitrogens with two attached hydrogens (primary N) is 2. The molecule has 2 rings (SSSR count). The van der Waals surface area contributed by atoms with Gasteiger partial charge >= 0.3 is 0 Å². The Hall–Kier alpha value is -1.34. The fourth-order valence-corrected chi connectivity index (χ4v) is 3.59. The molecule has 27 heavy (non-hydrogen) atoms. The van der Waals surface area contributed by atoms with Gasteiger partial charge in [-0.3, -0.25) is 20.2 Å². The number of rotatable bonds is 1. The second kappa shape index (κ2) is 9.73. The van der Waals surface area contributed by atoms with Gasteiger partial charge in [0.1, 0.15) is 0 Å². The van der Waals surface area contributed by atoms with Gasteiger partial charge in [-0.1, -0.05) is 0 Å². The van der Waals surface area contributed by atoms with Crippen molar-refractivity contribution in [1.29, 1.82) is 5.41 Å². The third-order valence-corrected chi connectivity index (χ3v) is 5.45. The maximum atomic E-state index is 7.52. The van der Waals surface area contributed by atoms with E-state index in [1.807, 2.05) is 6.92 Å². The summed E-state index contributed by atoms with van der Waals surface area (Å²) in [5, 5.41) is 7.52. The minimum absolute atomic E-state index is 0.221. The van der Waals surface area contributed by atoms with Gasteiger partial charge in [-0.25, -0.2) is 0 Å². The number of hydrogen-bond acceptors (Lipinski definition) is 4. The number of nitrogens with one attached hydrogen (secondary N) is 1. The molecule has 2 saturated heterocycles. The van der Waals surface area contributed by atoms with E-state index < -0.39 is 0 Å². The predicted molar refractivity (Wildman–Crippen MR) is 116 cm³/mol. The Bertz CT molecular complexity index is 481. The molecule has 2 heterocycles. The summed E-state index contributed by atoms with van der Waals surface area (Å²) in [4.78, 5) is 11.3. The van der Waals surface area contributed by atoms with Gasteiger partial charge in [-0.05, 0) is 61.3 Å². The summed E-state index contributed by atoms with van der Waals surface area (Å²) in [5.74, 6) is 0.924. The standard InChI is InChI=1S/C10H22N4.C10H21N3/c1-10(2,3)14-6-4-8(5-7-14)13-9(11)12;1-9(11)12-5-7-13(8-6-12)10(2,3)4/h8H,4-7H2,1-3H3,(H4,11,12,13);11H,5-8H2,1-4H3. The van der Waals surface area contributed by atoms with Crippen molar-refractivity contribution in [1.82, 2.24) is 14.7 Å². The van der Waals surface area contributed by atoms with Gasteiger partial charge < -0.3 is 16.4 Å². The first-order valence-corrected chi connectivity index (χ1v) is 10.2. The fraction of sp³-hybridized carbons (Fsp3) is 0.900. The lowest BCUT2D eigenvalue weighted by Crippen LogP contribution is -2.54. The van der Waals surface area contributed by atoms with Gasteiger partial charge in [-0.15, -0.1) is 0 Å². The Balaban J connectivity index is 0.000000271. The van der Waals surface area contributed by atoms with Crippen molar-refractivity contribution in [3.63, 3.8) is 0 Å². The first kappa shape index (κ1) is 23.7. The highest BCUT2D eigenvalue weighted by Crippen LogP contribution is 2.21. The van der Waals surface area contributed by atoms with Crippen LogP contribution < -0.4 is 11.5 Å². The second-order valence-electron chi connectivity index (χ2n) is 9.67. The number of amidine groups is 1. The number of hydrogen-bond donors (Lipinski definition) is 3. The molecule has 0 aromatic rings. The molecule has 0 aliphatic carbocycles. The molecule has 7 heteroatoms. The second-order valence-corrected chi connectivity index (χ2v) is 9.67. The zero-order valence-electron chi connectivity index (χ0n) is 18.7. The molecule has 0 saturated carbocycles. The fourth-order valence-electron chi connectivity index (χ4n) is 3.59. The molecule has 5 N–H and O–H groups in total. The number of nitrogens with zero attached hydrogens (tertiary/aromatic N) is 4. The van der Waals surface area contributed by atoms with Crippen molar-refractivity contribution in [2.75, 3.05) is 39.3 Å². The van der Waals surface area contributed by atoms with Crippen molar-refractivity contribution in [3.8, 4) is 0 Å². The summed E-state index contributed by atoms with van der Waals surface area (Å²) in [6.07, 6.45) is 2.13. The summed E-state index contributed by atoms with van der Waals surface area (Å²) in [6.45, 7) is 21.7. The molecule has 2 aliphatic heterocycles. The van der Waals surface area contributed by atoms with Crippen LogP contribution in [0.2, 0.25) is 0 Å². The molecule has 0 atom stereocenters. The summed E-state index contributed by atoms with van der Waals surface area (Å²) in [6, 6.07) is 0.332. The maximum Gasteiger partial charge on any atom is 0.186 e. The van der Waals surface area contributed by atoms with Crippen LogP contribution >= 0.6 is 0 Å². The smallest absolute Gasteiger partial charge is 0.186 e. The number of piperazine rings is 1. The van der Waals surface area contributed by atoms with Crippen LogP contribution in [0.4, 0.5) is 0 Å². The van der Waals surface area contributed by atoms with Crippen LogP contribution in [0.25, 0.3) is 0 Å². The van der Waals surface area contributed by atoms with E-state index in [4.69, 9.17) is 16.9 Å². The van der Waals surface area contributed by atoms with Crippen LogP contribution in [0.15, 0.2) is 4.99 Å². The van der Waals surface area contributed by atoms with Crippen LogP contribution in [-0.2, 0) is 0 Å². The van der Waals surface area contributed by atoms with E-state index in [2.05, 4.69) is 61.2 Å². The highest BCUT2D eigenvalue weighted by molar-refractivity contribution is 5.76. The van der Waals surface area contributed by atoms with Crippen LogP contribution in [0.3, 0.4) is 0 Å². The van der Waals surface area contributed by atoms with Crippen LogP contribution in [0.5, 0.6) is 0 Å². The molecular formula is C20H43N7.